The maximum Gasteiger partial charge on any atom is 0.324 e. The topological polar surface area (TPSA) is 156 Å². The molecule has 12 nitrogen and oxygen atoms in total. The number of sulfone groups is 1. The van der Waals surface area contributed by atoms with Crippen LogP contribution in [0.5, 0.6) is 5.75 Å². The van der Waals surface area contributed by atoms with Crippen molar-refractivity contribution in [3.8, 4) is 11.4 Å². The van der Waals surface area contributed by atoms with E-state index >= 15 is 0 Å². The zero-order valence-corrected chi connectivity index (χ0v) is 25.7. The monoisotopic (exact) mass is 623 g/mol. The van der Waals surface area contributed by atoms with Crippen molar-refractivity contribution in [1.82, 2.24) is 9.78 Å². The third-order valence-corrected chi connectivity index (χ3v) is 8.24. The molecule has 3 aromatic carbocycles. The van der Waals surface area contributed by atoms with Gasteiger partial charge in [-0.25, -0.2) is 22.9 Å². The van der Waals surface area contributed by atoms with Gasteiger partial charge >= 0.3 is 6.03 Å². The fraction of sp³-hybridized carbons (Fsp3) is 0.188. The number of amides is 3. The van der Waals surface area contributed by atoms with E-state index in [0.717, 1.165) is 28.9 Å². The highest BCUT2D eigenvalue weighted by Crippen LogP contribution is 2.34. The number of fused-ring (bicyclic) bond motifs is 2. The second kappa shape index (κ2) is 11.2. The van der Waals surface area contributed by atoms with Crippen LogP contribution in [0.4, 0.5) is 16.3 Å². The van der Waals surface area contributed by atoms with Crippen LogP contribution in [-0.2, 0) is 20.0 Å². The Hall–Kier alpha value is -5.43. The predicted molar refractivity (Wildman–Crippen MR) is 174 cm³/mol. The van der Waals surface area contributed by atoms with E-state index in [2.05, 4.69) is 25.6 Å². The Morgan fingerprint density at radius 2 is 1.71 bits per heavy atom. The number of aromatic nitrogens is 2. The highest BCUT2D eigenvalue weighted by atomic mass is 32.2. The Kier molecular flexibility index (Phi) is 7.41. The first-order valence-electron chi connectivity index (χ1n) is 14.0. The number of hydrogen-bond acceptors (Lipinski definition) is 8. The number of nitrogens with one attached hydrogen (secondary N) is 2. The average molecular weight is 624 g/mol. The quantitative estimate of drug-likeness (QED) is 0.305. The summed E-state index contributed by atoms with van der Waals surface area (Å²) < 4.78 is 31.7. The number of amidine groups is 1. The smallest absolute Gasteiger partial charge is 0.324 e. The highest BCUT2D eigenvalue weighted by Gasteiger charge is 2.28. The van der Waals surface area contributed by atoms with Crippen molar-refractivity contribution < 1.29 is 22.7 Å². The molecule has 6 rings (SSSR count). The van der Waals surface area contributed by atoms with Crippen molar-refractivity contribution >= 4 is 62.3 Å². The molecule has 0 bridgehead atoms. The molecule has 3 amide bonds. The summed E-state index contributed by atoms with van der Waals surface area (Å²) in [5, 5.41) is 12.0. The SMILES string of the molecule is CC(C)(C)c1cc(NC(=O)Nc2ccc(OC3=CC=NC4=NC(=O)C=NC34)c3ccccc23)n(-c2ccc(S(C)(=O)=O)cc2)n1. The molecule has 1 atom stereocenters. The zero-order chi connectivity index (χ0) is 31.9. The van der Waals surface area contributed by atoms with Crippen LogP contribution in [0, 0.1) is 0 Å². The number of anilines is 2. The third kappa shape index (κ3) is 6.15. The number of benzene rings is 3. The van der Waals surface area contributed by atoms with Crippen molar-refractivity contribution in [2.24, 2.45) is 15.0 Å². The van der Waals surface area contributed by atoms with E-state index in [0.29, 0.717) is 28.7 Å². The summed E-state index contributed by atoms with van der Waals surface area (Å²) in [6.45, 7) is 6.03. The average Bonchev–Trinajstić information content (AvgIpc) is 3.42. The first-order chi connectivity index (χ1) is 21.4. The summed E-state index contributed by atoms with van der Waals surface area (Å²) in [6.07, 6.45) is 5.48. The standard InChI is InChI=1S/C32H29N7O5S/c1-32(2,3)26-17-27(39(38-26)19-9-11-20(12-10-19)45(4,42)43)36-31(41)35-23-13-14-24(22-8-6-5-7-21(22)23)44-25-15-16-33-30-29(25)34-18-28(40)37-30/h5-18,29H,1-4H3,(H2,35,36,41). The van der Waals surface area contributed by atoms with Gasteiger partial charge in [-0.2, -0.15) is 10.1 Å². The minimum absolute atomic E-state index is 0.184. The number of carbonyl (C=O) groups is 2. The Bertz CT molecular complexity index is 2090. The summed E-state index contributed by atoms with van der Waals surface area (Å²) in [5.41, 5.74) is 1.54. The first kappa shape index (κ1) is 29.6. The zero-order valence-electron chi connectivity index (χ0n) is 24.8. The van der Waals surface area contributed by atoms with E-state index < -0.39 is 27.8 Å². The van der Waals surface area contributed by atoms with Crippen molar-refractivity contribution in [3.63, 3.8) is 0 Å². The molecular weight excluding hydrogens is 594 g/mol. The molecule has 0 aliphatic carbocycles. The molecule has 0 fully saturated rings. The Morgan fingerprint density at radius 3 is 2.42 bits per heavy atom. The number of dihydropyridines is 1. The van der Waals surface area contributed by atoms with Gasteiger partial charge in [0.2, 0.25) is 0 Å². The van der Waals surface area contributed by atoms with Crippen molar-refractivity contribution in [2.75, 3.05) is 16.9 Å². The van der Waals surface area contributed by atoms with Crippen LogP contribution in [-0.4, -0.2) is 60.7 Å². The molecule has 3 heterocycles. The van der Waals surface area contributed by atoms with E-state index in [1.807, 2.05) is 45.0 Å². The number of allylic oxidation sites excluding steroid dienone is 1. The van der Waals surface area contributed by atoms with Gasteiger partial charge in [0.15, 0.2) is 21.7 Å². The van der Waals surface area contributed by atoms with Crippen molar-refractivity contribution in [2.45, 2.75) is 37.1 Å². The molecule has 1 aromatic heterocycles. The minimum Gasteiger partial charge on any atom is -0.458 e. The second-order valence-electron chi connectivity index (χ2n) is 11.5. The van der Waals surface area contributed by atoms with Crippen LogP contribution in [0.15, 0.2) is 98.4 Å². The molecule has 45 heavy (non-hydrogen) atoms. The van der Waals surface area contributed by atoms with Gasteiger partial charge in [0.25, 0.3) is 5.91 Å². The Labute approximate surface area is 259 Å². The van der Waals surface area contributed by atoms with Crippen LogP contribution in [0.25, 0.3) is 16.5 Å². The molecule has 2 aliphatic heterocycles. The molecule has 0 spiro atoms. The summed E-state index contributed by atoms with van der Waals surface area (Å²) in [5.74, 6) is 1.18. The number of carbonyl (C=O) groups excluding carboxylic acids is 2. The Balaban J connectivity index is 1.27. The lowest BCUT2D eigenvalue weighted by Gasteiger charge is -2.21. The third-order valence-electron chi connectivity index (χ3n) is 7.11. The van der Waals surface area contributed by atoms with Gasteiger partial charge in [0.05, 0.1) is 28.2 Å². The van der Waals surface area contributed by atoms with Crippen LogP contribution in [0.1, 0.15) is 26.5 Å². The van der Waals surface area contributed by atoms with Gasteiger partial charge in [-0.15, -0.1) is 0 Å². The highest BCUT2D eigenvalue weighted by molar-refractivity contribution is 7.90. The van der Waals surface area contributed by atoms with E-state index in [1.54, 1.807) is 41.1 Å². The normalized spacial score (nSPS) is 16.2. The number of hydrogen-bond donors (Lipinski definition) is 2. The van der Waals surface area contributed by atoms with E-state index in [4.69, 9.17) is 9.84 Å². The number of aliphatic imine (C=N–C) groups is 3. The number of urea groups is 1. The maximum absolute atomic E-state index is 13.4. The predicted octanol–water partition coefficient (Wildman–Crippen LogP) is 5.10. The van der Waals surface area contributed by atoms with Gasteiger partial charge < -0.3 is 10.1 Å². The lowest BCUT2D eigenvalue weighted by atomic mass is 9.92. The van der Waals surface area contributed by atoms with Crippen molar-refractivity contribution in [1.29, 1.82) is 0 Å². The summed E-state index contributed by atoms with van der Waals surface area (Å²) >= 11 is 0. The van der Waals surface area contributed by atoms with Gasteiger partial charge in [-0.3, -0.25) is 15.1 Å². The molecule has 0 radical (unpaired) electrons. The van der Waals surface area contributed by atoms with E-state index in [1.165, 1.54) is 18.3 Å². The molecule has 2 N–H and O–H groups in total. The van der Waals surface area contributed by atoms with E-state index in [9.17, 15) is 18.0 Å². The molecule has 0 saturated heterocycles. The molecule has 0 saturated carbocycles. The minimum atomic E-state index is -3.37. The number of rotatable bonds is 6. The summed E-state index contributed by atoms with van der Waals surface area (Å²) in [7, 11) is -3.37. The molecule has 228 valence electrons. The van der Waals surface area contributed by atoms with Gasteiger partial charge in [0, 0.05) is 34.7 Å². The largest absolute Gasteiger partial charge is 0.458 e. The molecule has 4 aromatic rings. The maximum atomic E-state index is 13.4. The molecule has 2 aliphatic rings. The van der Waals surface area contributed by atoms with Gasteiger partial charge in [0.1, 0.15) is 17.3 Å². The van der Waals surface area contributed by atoms with Crippen LogP contribution in [0.2, 0.25) is 0 Å². The lowest BCUT2D eigenvalue weighted by Crippen LogP contribution is -2.30. The Morgan fingerprint density at radius 1 is 0.978 bits per heavy atom. The fourth-order valence-electron chi connectivity index (χ4n) is 4.81. The van der Waals surface area contributed by atoms with Crippen LogP contribution in [0.3, 0.4) is 0 Å². The molecule has 13 heteroatoms. The lowest BCUT2D eigenvalue weighted by molar-refractivity contribution is -0.111. The van der Waals surface area contributed by atoms with Crippen LogP contribution >= 0.6 is 0 Å². The summed E-state index contributed by atoms with van der Waals surface area (Å²) in [4.78, 5) is 37.5. The number of ether oxygens (including phenoxy) is 1. The van der Waals surface area contributed by atoms with Gasteiger partial charge in [-0.1, -0.05) is 45.0 Å². The molecular formula is C32H29N7O5S. The second-order valence-corrected chi connectivity index (χ2v) is 13.5. The fourth-order valence-corrected chi connectivity index (χ4v) is 5.44. The first-order valence-corrected chi connectivity index (χ1v) is 15.8. The van der Waals surface area contributed by atoms with Crippen LogP contribution < -0.4 is 15.4 Å². The molecule has 1 unspecified atom stereocenters. The summed E-state index contributed by atoms with van der Waals surface area (Å²) in [6, 6.07) is 17.9. The van der Waals surface area contributed by atoms with Crippen molar-refractivity contribution in [3.05, 3.63) is 84.3 Å². The van der Waals surface area contributed by atoms with Gasteiger partial charge in [-0.05, 0) is 42.5 Å². The number of nitrogens with zero attached hydrogens (tertiary/aromatic N) is 5. The van der Waals surface area contributed by atoms with E-state index in [-0.39, 0.29) is 16.1 Å².